The van der Waals surface area contributed by atoms with E-state index in [-0.39, 0.29) is 41.7 Å². The van der Waals surface area contributed by atoms with Crippen molar-refractivity contribution in [3.63, 3.8) is 0 Å². The Labute approximate surface area is 172 Å². The second-order valence-corrected chi connectivity index (χ2v) is 7.39. The molecule has 2 N–H and O–H groups in total. The Balaban J connectivity index is 1.49. The third-order valence-corrected chi connectivity index (χ3v) is 5.36. The lowest BCUT2D eigenvalue weighted by Crippen LogP contribution is -2.45. The van der Waals surface area contributed by atoms with Gasteiger partial charge in [0.25, 0.3) is 11.8 Å². The summed E-state index contributed by atoms with van der Waals surface area (Å²) in [7, 11) is 0. The van der Waals surface area contributed by atoms with Crippen LogP contribution >= 0.6 is 0 Å². The number of amides is 5. The molecule has 8 nitrogen and oxygen atoms in total. The number of benzene rings is 2. The van der Waals surface area contributed by atoms with Gasteiger partial charge in [0.15, 0.2) is 0 Å². The first-order valence-electron chi connectivity index (χ1n) is 9.55. The van der Waals surface area contributed by atoms with Gasteiger partial charge in [-0.2, -0.15) is 0 Å². The van der Waals surface area contributed by atoms with Crippen molar-refractivity contribution in [2.24, 2.45) is 0 Å². The molecule has 0 aliphatic carbocycles. The van der Waals surface area contributed by atoms with Crippen molar-refractivity contribution in [2.75, 3.05) is 5.32 Å². The highest BCUT2D eigenvalue weighted by atomic mass is 16.2. The Bertz CT molecular complexity index is 1040. The molecule has 0 spiro atoms. The molecular formula is C22H19N3O5. The highest BCUT2D eigenvalue weighted by molar-refractivity contribution is 6.23. The van der Waals surface area contributed by atoms with Crippen LogP contribution in [0.15, 0.2) is 48.5 Å². The minimum Gasteiger partial charge on any atom is -0.324 e. The monoisotopic (exact) mass is 405 g/mol. The molecule has 8 heteroatoms. The van der Waals surface area contributed by atoms with E-state index in [1.807, 2.05) is 0 Å². The third kappa shape index (κ3) is 3.47. The second-order valence-electron chi connectivity index (χ2n) is 7.39. The normalized spacial score (nSPS) is 17.6. The molecule has 0 aromatic heterocycles. The van der Waals surface area contributed by atoms with Crippen molar-refractivity contribution in [2.45, 2.75) is 31.7 Å². The molecular weight excluding hydrogens is 386 g/mol. The fraction of sp³-hybridized carbons (Fsp3) is 0.227. The number of imide groups is 2. The van der Waals surface area contributed by atoms with Crippen LogP contribution in [0.2, 0.25) is 0 Å². The molecule has 30 heavy (non-hydrogen) atoms. The Kier molecular flexibility index (Phi) is 4.91. The molecule has 1 atom stereocenters. The number of hydrogen-bond donors (Lipinski definition) is 2. The minimum atomic E-state index is -1.01. The predicted octanol–water partition coefficient (Wildman–Crippen LogP) is 1.83. The van der Waals surface area contributed by atoms with Gasteiger partial charge in [0.2, 0.25) is 17.7 Å². The van der Waals surface area contributed by atoms with Crippen molar-refractivity contribution >= 4 is 35.2 Å². The largest absolute Gasteiger partial charge is 0.324 e. The quantitative estimate of drug-likeness (QED) is 0.754. The number of anilines is 1. The number of piperidine rings is 1. The zero-order chi connectivity index (χ0) is 21.4. The zero-order valence-electron chi connectivity index (χ0n) is 16.2. The fourth-order valence-electron chi connectivity index (χ4n) is 3.81. The van der Waals surface area contributed by atoms with Crippen LogP contribution in [0.5, 0.6) is 0 Å². The number of nitrogens with one attached hydrogen (secondary N) is 2. The number of fused-ring (bicyclic) bond motifs is 1. The number of carbonyl (C=O) groups is 5. The van der Waals surface area contributed by atoms with E-state index in [9.17, 15) is 24.0 Å². The van der Waals surface area contributed by atoms with Gasteiger partial charge in [-0.25, -0.2) is 0 Å². The molecule has 5 amide bonds. The topological polar surface area (TPSA) is 113 Å². The number of carbonyl (C=O) groups excluding carboxylic acids is 5. The first kappa shape index (κ1) is 19.5. The molecule has 2 aliphatic heterocycles. The van der Waals surface area contributed by atoms with Crippen LogP contribution in [-0.4, -0.2) is 40.5 Å². The van der Waals surface area contributed by atoms with Crippen molar-refractivity contribution in [3.05, 3.63) is 65.2 Å². The summed E-state index contributed by atoms with van der Waals surface area (Å²) in [4.78, 5) is 62.2. The first-order valence-corrected chi connectivity index (χ1v) is 9.55. The molecule has 0 bridgehead atoms. The van der Waals surface area contributed by atoms with Gasteiger partial charge in [0.1, 0.15) is 6.04 Å². The van der Waals surface area contributed by atoms with Gasteiger partial charge >= 0.3 is 0 Å². The van der Waals surface area contributed by atoms with Crippen LogP contribution in [-0.2, 0) is 14.4 Å². The molecule has 2 aromatic rings. The number of rotatable bonds is 4. The summed E-state index contributed by atoms with van der Waals surface area (Å²) in [5.41, 5.74) is 1.78. The maximum absolute atomic E-state index is 12.8. The van der Waals surface area contributed by atoms with Crippen molar-refractivity contribution in [1.29, 1.82) is 0 Å². The van der Waals surface area contributed by atoms with E-state index in [2.05, 4.69) is 10.6 Å². The maximum Gasteiger partial charge on any atom is 0.262 e. The van der Waals surface area contributed by atoms with Crippen LogP contribution in [0.25, 0.3) is 0 Å². The zero-order valence-corrected chi connectivity index (χ0v) is 16.2. The van der Waals surface area contributed by atoms with Crippen LogP contribution in [0.1, 0.15) is 52.0 Å². The first-order chi connectivity index (χ1) is 14.3. The maximum atomic E-state index is 12.8. The summed E-state index contributed by atoms with van der Waals surface area (Å²) in [5, 5.41) is 4.99. The Hall–Kier alpha value is -3.81. The van der Waals surface area contributed by atoms with Crippen LogP contribution in [0.3, 0.4) is 0 Å². The molecule has 2 aromatic carbocycles. The summed E-state index contributed by atoms with van der Waals surface area (Å²) in [6.07, 6.45) is 0.378. The van der Waals surface area contributed by atoms with Gasteiger partial charge < -0.3 is 5.32 Å². The van der Waals surface area contributed by atoms with Gasteiger partial charge in [-0.1, -0.05) is 24.3 Å². The van der Waals surface area contributed by atoms with Crippen molar-refractivity contribution in [1.82, 2.24) is 10.2 Å². The van der Waals surface area contributed by atoms with E-state index >= 15 is 0 Å². The SMILES string of the molecule is C[C@H](C(=O)Nc1cccc(C2CC(=O)NC(=O)C2)c1)N1C(=O)c2ccccc2C1=O. The molecule has 0 radical (unpaired) electrons. The van der Waals surface area contributed by atoms with Crippen LogP contribution < -0.4 is 10.6 Å². The van der Waals surface area contributed by atoms with E-state index in [0.717, 1.165) is 10.5 Å². The number of hydrogen-bond acceptors (Lipinski definition) is 5. The molecule has 2 heterocycles. The van der Waals surface area contributed by atoms with E-state index in [1.54, 1.807) is 48.5 Å². The van der Waals surface area contributed by atoms with Crippen LogP contribution in [0, 0.1) is 0 Å². The summed E-state index contributed by atoms with van der Waals surface area (Å²) in [5.74, 6) is -2.44. The van der Waals surface area contributed by atoms with Gasteiger partial charge in [0, 0.05) is 24.4 Å². The van der Waals surface area contributed by atoms with Gasteiger partial charge in [-0.3, -0.25) is 34.2 Å². The van der Waals surface area contributed by atoms with Gasteiger partial charge in [-0.15, -0.1) is 0 Å². The van der Waals surface area contributed by atoms with Gasteiger partial charge in [0.05, 0.1) is 11.1 Å². The van der Waals surface area contributed by atoms with E-state index in [4.69, 9.17) is 0 Å². The standard InChI is InChI=1S/C22H19N3O5/c1-12(25-21(29)16-7-2-3-8-17(16)22(25)30)20(28)23-15-6-4-5-13(9-15)14-10-18(26)24-19(27)11-14/h2-9,12,14H,10-11H2,1H3,(H,23,28)(H,24,26,27)/t12-/m1/s1. The van der Waals surface area contributed by atoms with E-state index in [1.165, 1.54) is 6.92 Å². The minimum absolute atomic E-state index is 0.189. The smallest absolute Gasteiger partial charge is 0.262 e. The second kappa shape index (κ2) is 7.55. The van der Waals surface area contributed by atoms with E-state index in [0.29, 0.717) is 5.69 Å². The third-order valence-electron chi connectivity index (χ3n) is 5.36. The average molecular weight is 405 g/mol. The summed E-state index contributed by atoms with van der Waals surface area (Å²) >= 11 is 0. The molecule has 1 fully saturated rings. The number of nitrogens with zero attached hydrogens (tertiary/aromatic N) is 1. The fourth-order valence-corrected chi connectivity index (χ4v) is 3.81. The highest BCUT2D eigenvalue weighted by Gasteiger charge is 2.40. The van der Waals surface area contributed by atoms with Crippen LogP contribution in [0.4, 0.5) is 5.69 Å². The summed E-state index contributed by atoms with van der Waals surface area (Å²) < 4.78 is 0. The lowest BCUT2D eigenvalue weighted by molar-refractivity contribution is -0.133. The molecule has 1 saturated heterocycles. The average Bonchev–Trinajstić information content (AvgIpc) is 2.97. The van der Waals surface area contributed by atoms with Crippen molar-refractivity contribution < 1.29 is 24.0 Å². The molecule has 4 rings (SSSR count). The van der Waals surface area contributed by atoms with Crippen molar-refractivity contribution in [3.8, 4) is 0 Å². The molecule has 2 aliphatic rings. The Morgan fingerprint density at radius 3 is 2.17 bits per heavy atom. The lowest BCUT2D eigenvalue weighted by atomic mass is 9.89. The van der Waals surface area contributed by atoms with E-state index < -0.39 is 23.8 Å². The summed E-state index contributed by atoms with van der Waals surface area (Å²) in [6.45, 7) is 1.49. The summed E-state index contributed by atoms with van der Waals surface area (Å²) in [6, 6.07) is 12.3. The molecule has 152 valence electrons. The predicted molar refractivity (Wildman–Crippen MR) is 107 cm³/mol. The molecule has 0 unspecified atom stereocenters. The lowest BCUT2D eigenvalue weighted by Gasteiger charge is -2.23. The molecule has 0 saturated carbocycles. The Morgan fingerprint density at radius 1 is 0.967 bits per heavy atom. The Morgan fingerprint density at radius 2 is 1.57 bits per heavy atom. The highest BCUT2D eigenvalue weighted by Crippen LogP contribution is 2.29. The van der Waals surface area contributed by atoms with Gasteiger partial charge in [-0.05, 0) is 36.8 Å².